The van der Waals surface area contributed by atoms with Crippen molar-refractivity contribution in [1.82, 2.24) is 0 Å². The van der Waals surface area contributed by atoms with Crippen LogP contribution in [0.4, 0.5) is 11.4 Å². The smallest absolute Gasteiger partial charge is 0.193 e. The molecule has 1 heterocycles. The lowest BCUT2D eigenvalue weighted by Crippen LogP contribution is -2.24. The summed E-state index contributed by atoms with van der Waals surface area (Å²) in [5.74, 6) is 0.484. The predicted octanol–water partition coefficient (Wildman–Crippen LogP) is 3.87. The lowest BCUT2D eigenvalue weighted by molar-refractivity contribution is 0.687. The number of fused-ring (bicyclic) bond motifs is 1. The van der Waals surface area contributed by atoms with E-state index in [0.717, 1.165) is 25.2 Å². The Kier molecular flexibility index (Phi) is 4.91. The van der Waals surface area contributed by atoms with Crippen molar-refractivity contribution in [1.29, 1.82) is 0 Å². The van der Waals surface area contributed by atoms with Gasteiger partial charge in [-0.1, -0.05) is 36.4 Å². The second-order valence-electron chi connectivity index (χ2n) is 7.02. The Bertz CT molecular complexity index is 830. The van der Waals surface area contributed by atoms with Gasteiger partial charge in [-0.3, -0.25) is 0 Å². The molecular weight excluding hydrogens is 320 g/mol. The monoisotopic (exact) mass is 346 g/mol. The van der Waals surface area contributed by atoms with E-state index in [-0.39, 0.29) is 0 Å². The molecule has 1 aliphatic heterocycles. The van der Waals surface area contributed by atoms with Crippen LogP contribution in [0.2, 0.25) is 0 Å². The molecule has 0 aromatic heterocycles. The lowest BCUT2D eigenvalue weighted by Gasteiger charge is -2.20. The standard InChI is InChI=1S/C22H26N4/c23-22(25-21-12-6-9-18-8-1-2-11-20(18)21)24-16-17-7-5-10-19(15-17)26-13-3-4-14-26/h3-7,9-10,12,15H,1-2,8,11,13-14,16H2,(H3,23,24,25). The van der Waals surface area contributed by atoms with E-state index in [1.807, 2.05) is 0 Å². The molecule has 0 amide bonds. The van der Waals surface area contributed by atoms with E-state index in [1.54, 1.807) is 0 Å². The fourth-order valence-corrected chi connectivity index (χ4v) is 3.79. The number of nitrogens with one attached hydrogen (secondary N) is 1. The number of guanidine groups is 1. The van der Waals surface area contributed by atoms with Crippen molar-refractivity contribution in [2.45, 2.75) is 32.2 Å². The Balaban J connectivity index is 1.44. The Morgan fingerprint density at radius 2 is 1.85 bits per heavy atom. The first-order valence-corrected chi connectivity index (χ1v) is 9.46. The largest absolute Gasteiger partial charge is 0.370 e. The molecule has 4 heteroatoms. The van der Waals surface area contributed by atoms with Gasteiger partial charge in [0.05, 0.1) is 6.54 Å². The number of aliphatic imine (C=N–C) groups is 1. The summed E-state index contributed by atoms with van der Waals surface area (Å²) in [5, 5.41) is 3.32. The predicted molar refractivity (Wildman–Crippen MR) is 110 cm³/mol. The molecule has 1 aliphatic carbocycles. The molecule has 26 heavy (non-hydrogen) atoms. The Labute approximate surface area is 155 Å². The van der Waals surface area contributed by atoms with Gasteiger partial charge in [-0.05, 0) is 60.6 Å². The summed E-state index contributed by atoms with van der Waals surface area (Å²) < 4.78 is 0. The van der Waals surface area contributed by atoms with Gasteiger partial charge >= 0.3 is 0 Å². The Hall–Kier alpha value is -2.75. The normalized spacial score (nSPS) is 16.6. The first-order valence-electron chi connectivity index (χ1n) is 9.46. The van der Waals surface area contributed by atoms with Crippen molar-refractivity contribution in [2.24, 2.45) is 10.7 Å². The number of rotatable bonds is 4. The van der Waals surface area contributed by atoms with E-state index >= 15 is 0 Å². The van der Waals surface area contributed by atoms with Crippen molar-refractivity contribution >= 4 is 17.3 Å². The van der Waals surface area contributed by atoms with Crippen LogP contribution in [-0.4, -0.2) is 19.0 Å². The summed E-state index contributed by atoms with van der Waals surface area (Å²) in [6, 6.07) is 15.0. The first kappa shape index (κ1) is 16.7. The SMILES string of the molecule is NC(=NCc1cccc(N2CC=CC2)c1)Nc1cccc2c1CCCC2. The third-order valence-electron chi connectivity index (χ3n) is 5.18. The minimum Gasteiger partial charge on any atom is -0.370 e. The van der Waals surface area contributed by atoms with Crippen LogP contribution in [0.1, 0.15) is 29.5 Å². The minimum atomic E-state index is 0.484. The molecule has 2 aliphatic rings. The van der Waals surface area contributed by atoms with E-state index in [2.05, 4.69) is 69.8 Å². The topological polar surface area (TPSA) is 53.6 Å². The lowest BCUT2D eigenvalue weighted by atomic mass is 9.90. The number of benzene rings is 2. The van der Waals surface area contributed by atoms with E-state index in [1.165, 1.54) is 41.6 Å². The summed E-state index contributed by atoms with van der Waals surface area (Å²) in [7, 11) is 0. The number of hydrogen-bond donors (Lipinski definition) is 2. The van der Waals surface area contributed by atoms with Gasteiger partial charge < -0.3 is 16.0 Å². The second-order valence-corrected chi connectivity index (χ2v) is 7.02. The molecule has 0 saturated heterocycles. The molecule has 0 saturated carbocycles. The average Bonchev–Trinajstić information content (AvgIpc) is 3.22. The number of nitrogens with zero attached hydrogens (tertiary/aromatic N) is 2. The number of hydrogen-bond acceptors (Lipinski definition) is 2. The van der Waals surface area contributed by atoms with Crippen molar-refractivity contribution in [3.05, 3.63) is 71.3 Å². The summed E-state index contributed by atoms with van der Waals surface area (Å²) >= 11 is 0. The van der Waals surface area contributed by atoms with Crippen LogP contribution in [0.3, 0.4) is 0 Å². The molecule has 4 nitrogen and oxygen atoms in total. The molecule has 0 bridgehead atoms. The Morgan fingerprint density at radius 1 is 1.04 bits per heavy atom. The van der Waals surface area contributed by atoms with Crippen LogP contribution in [0.5, 0.6) is 0 Å². The van der Waals surface area contributed by atoms with Gasteiger partial charge in [0.25, 0.3) is 0 Å². The van der Waals surface area contributed by atoms with Crippen LogP contribution in [0.15, 0.2) is 59.6 Å². The maximum Gasteiger partial charge on any atom is 0.193 e. The van der Waals surface area contributed by atoms with Crippen molar-refractivity contribution < 1.29 is 0 Å². The molecule has 0 spiro atoms. The molecule has 0 fully saturated rings. The van der Waals surface area contributed by atoms with Crippen LogP contribution in [0, 0.1) is 0 Å². The fourth-order valence-electron chi connectivity index (χ4n) is 3.79. The quantitative estimate of drug-likeness (QED) is 0.502. The average molecular weight is 346 g/mol. The van der Waals surface area contributed by atoms with Crippen LogP contribution >= 0.6 is 0 Å². The maximum absolute atomic E-state index is 6.17. The Morgan fingerprint density at radius 3 is 2.73 bits per heavy atom. The van der Waals surface area contributed by atoms with E-state index in [9.17, 15) is 0 Å². The number of aryl methyl sites for hydroxylation is 1. The molecule has 0 atom stereocenters. The highest BCUT2D eigenvalue weighted by molar-refractivity contribution is 5.93. The van der Waals surface area contributed by atoms with E-state index in [4.69, 9.17) is 5.73 Å². The van der Waals surface area contributed by atoms with Gasteiger partial charge in [-0.15, -0.1) is 0 Å². The minimum absolute atomic E-state index is 0.484. The summed E-state index contributed by atoms with van der Waals surface area (Å²) in [5.41, 5.74) is 12.5. The van der Waals surface area contributed by atoms with Gasteiger partial charge in [0.15, 0.2) is 5.96 Å². The molecule has 0 unspecified atom stereocenters. The van der Waals surface area contributed by atoms with E-state index in [0.29, 0.717) is 12.5 Å². The van der Waals surface area contributed by atoms with Crippen molar-refractivity contribution in [2.75, 3.05) is 23.3 Å². The molecule has 4 rings (SSSR count). The highest BCUT2D eigenvalue weighted by Crippen LogP contribution is 2.27. The van der Waals surface area contributed by atoms with Crippen molar-refractivity contribution in [3.8, 4) is 0 Å². The van der Waals surface area contributed by atoms with Crippen LogP contribution in [-0.2, 0) is 19.4 Å². The molecular formula is C22H26N4. The zero-order valence-electron chi connectivity index (χ0n) is 15.1. The van der Waals surface area contributed by atoms with Gasteiger partial charge in [-0.2, -0.15) is 0 Å². The molecule has 134 valence electrons. The number of anilines is 2. The molecule has 0 radical (unpaired) electrons. The fraction of sp³-hybridized carbons (Fsp3) is 0.318. The van der Waals surface area contributed by atoms with Crippen LogP contribution in [0.25, 0.3) is 0 Å². The highest BCUT2D eigenvalue weighted by Gasteiger charge is 2.13. The second kappa shape index (κ2) is 7.65. The summed E-state index contributed by atoms with van der Waals surface area (Å²) in [4.78, 5) is 6.89. The molecule has 3 N–H and O–H groups in total. The van der Waals surface area contributed by atoms with Gasteiger partial charge in [-0.25, -0.2) is 4.99 Å². The van der Waals surface area contributed by atoms with Crippen LogP contribution < -0.4 is 16.0 Å². The van der Waals surface area contributed by atoms with E-state index < -0.39 is 0 Å². The van der Waals surface area contributed by atoms with Gasteiger partial charge in [0.2, 0.25) is 0 Å². The van der Waals surface area contributed by atoms with Crippen molar-refractivity contribution in [3.63, 3.8) is 0 Å². The zero-order chi connectivity index (χ0) is 17.8. The molecule has 2 aromatic carbocycles. The first-order chi connectivity index (χ1) is 12.8. The maximum atomic E-state index is 6.17. The third kappa shape index (κ3) is 3.74. The molecule has 2 aromatic rings. The zero-order valence-corrected chi connectivity index (χ0v) is 15.1. The number of nitrogens with two attached hydrogens (primary N) is 1. The van der Waals surface area contributed by atoms with Gasteiger partial charge in [0, 0.05) is 24.5 Å². The van der Waals surface area contributed by atoms with Gasteiger partial charge in [0.1, 0.15) is 0 Å². The summed E-state index contributed by atoms with van der Waals surface area (Å²) in [6.45, 7) is 2.55. The third-order valence-corrected chi connectivity index (χ3v) is 5.18. The highest BCUT2D eigenvalue weighted by atomic mass is 15.1. The summed E-state index contributed by atoms with van der Waals surface area (Å²) in [6.07, 6.45) is 9.22.